The molecule has 170 valence electrons. The van der Waals surface area contributed by atoms with Gasteiger partial charge in [0.15, 0.2) is 0 Å². The average molecular weight is 445 g/mol. The van der Waals surface area contributed by atoms with Crippen LogP contribution in [0.1, 0.15) is 36.0 Å². The van der Waals surface area contributed by atoms with Gasteiger partial charge in [-0.1, -0.05) is 12.1 Å². The van der Waals surface area contributed by atoms with Crippen LogP contribution in [0.5, 0.6) is 5.75 Å². The third kappa shape index (κ3) is 4.11. The van der Waals surface area contributed by atoms with Crippen LogP contribution in [0.15, 0.2) is 42.5 Å². The zero-order valence-corrected chi connectivity index (χ0v) is 19.3. The molecule has 7 nitrogen and oxygen atoms in total. The van der Waals surface area contributed by atoms with Crippen molar-refractivity contribution in [3.8, 4) is 17.0 Å². The number of fused-ring (bicyclic) bond motifs is 3. The standard InChI is InChI=1S/C26H28N4O3/c1-4-30-19(14-21(28-30)20-9-7-17(2)12-24(20)32-3)15-26(31)33-16-18-8-10-23-22(13-18)27-25-6-5-11-29(23)25/h7-10,12-14H,4-6,11,15-16H2,1-3H3. The monoisotopic (exact) mass is 444 g/mol. The summed E-state index contributed by atoms with van der Waals surface area (Å²) < 4.78 is 15.2. The third-order valence-electron chi connectivity index (χ3n) is 6.19. The van der Waals surface area contributed by atoms with Crippen molar-refractivity contribution < 1.29 is 14.3 Å². The van der Waals surface area contributed by atoms with E-state index in [-0.39, 0.29) is 19.0 Å². The molecule has 0 atom stereocenters. The maximum Gasteiger partial charge on any atom is 0.312 e. The van der Waals surface area contributed by atoms with Crippen LogP contribution in [0.2, 0.25) is 0 Å². The number of carbonyl (C=O) groups is 1. The highest BCUT2D eigenvalue weighted by molar-refractivity contribution is 5.78. The summed E-state index contributed by atoms with van der Waals surface area (Å²) in [6.07, 6.45) is 2.35. The predicted molar refractivity (Wildman–Crippen MR) is 126 cm³/mol. The highest BCUT2D eigenvalue weighted by atomic mass is 16.5. The molecular weight excluding hydrogens is 416 g/mol. The van der Waals surface area contributed by atoms with Gasteiger partial charge in [0, 0.05) is 25.1 Å². The summed E-state index contributed by atoms with van der Waals surface area (Å²) in [6, 6.07) is 14.1. The highest BCUT2D eigenvalue weighted by Gasteiger charge is 2.18. The maximum atomic E-state index is 12.6. The van der Waals surface area contributed by atoms with Crippen molar-refractivity contribution >= 4 is 17.0 Å². The molecule has 0 radical (unpaired) electrons. The minimum Gasteiger partial charge on any atom is -0.496 e. The summed E-state index contributed by atoms with van der Waals surface area (Å²) in [6.45, 7) is 5.96. The van der Waals surface area contributed by atoms with Crippen LogP contribution in [0.3, 0.4) is 0 Å². The van der Waals surface area contributed by atoms with Gasteiger partial charge in [0.05, 0.1) is 36.0 Å². The van der Waals surface area contributed by atoms with Crippen LogP contribution in [-0.4, -0.2) is 32.4 Å². The Morgan fingerprint density at radius 3 is 2.85 bits per heavy atom. The van der Waals surface area contributed by atoms with Gasteiger partial charge in [-0.25, -0.2) is 4.98 Å². The number of benzene rings is 2. The molecule has 0 bridgehead atoms. The number of nitrogens with zero attached hydrogens (tertiary/aromatic N) is 4. The second-order valence-electron chi connectivity index (χ2n) is 8.48. The van der Waals surface area contributed by atoms with Crippen molar-refractivity contribution in [1.29, 1.82) is 0 Å². The Morgan fingerprint density at radius 1 is 1.15 bits per heavy atom. The van der Waals surface area contributed by atoms with E-state index in [0.717, 1.165) is 70.1 Å². The molecule has 3 heterocycles. The number of rotatable bonds is 7. The van der Waals surface area contributed by atoms with Crippen molar-refractivity contribution in [2.45, 2.75) is 52.8 Å². The molecule has 7 heteroatoms. The molecule has 0 aliphatic carbocycles. The molecule has 0 fully saturated rings. The van der Waals surface area contributed by atoms with Crippen LogP contribution < -0.4 is 4.74 Å². The highest BCUT2D eigenvalue weighted by Crippen LogP contribution is 2.30. The van der Waals surface area contributed by atoms with Gasteiger partial charge in [0.1, 0.15) is 18.2 Å². The second kappa shape index (κ2) is 8.73. The molecule has 0 saturated heterocycles. The average Bonchev–Trinajstić information content (AvgIpc) is 3.51. The Labute approximate surface area is 193 Å². The van der Waals surface area contributed by atoms with Crippen molar-refractivity contribution in [2.75, 3.05) is 7.11 Å². The molecular formula is C26H28N4O3. The number of imidazole rings is 1. The van der Waals surface area contributed by atoms with Gasteiger partial charge >= 0.3 is 5.97 Å². The van der Waals surface area contributed by atoms with E-state index in [1.807, 2.05) is 54.9 Å². The van der Waals surface area contributed by atoms with Gasteiger partial charge in [-0.3, -0.25) is 9.48 Å². The SMILES string of the molecule is CCn1nc(-c2ccc(C)cc2OC)cc1CC(=O)OCc1ccc2c(c1)nc1n2CCC1. The maximum absolute atomic E-state index is 12.6. The number of esters is 1. The summed E-state index contributed by atoms with van der Waals surface area (Å²) in [5, 5.41) is 4.69. The van der Waals surface area contributed by atoms with Crippen LogP contribution in [0.4, 0.5) is 0 Å². The Hall–Kier alpha value is -3.61. The van der Waals surface area contributed by atoms with Gasteiger partial charge in [-0.2, -0.15) is 5.10 Å². The van der Waals surface area contributed by atoms with E-state index < -0.39 is 0 Å². The molecule has 1 aliphatic heterocycles. The van der Waals surface area contributed by atoms with E-state index in [1.54, 1.807) is 7.11 Å². The lowest BCUT2D eigenvalue weighted by atomic mass is 10.1. The number of aryl methyl sites for hydroxylation is 4. The number of hydrogen-bond acceptors (Lipinski definition) is 5. The molecule has 33 heavy (non-hydrogen) atoms. The zero-order valence-electron chi connectivity index (χ0n) is 19.3. The van der Waals surface area contributed by atoms with Gasteiger partial charge in [-0.15, -0.1) is 0 Å². The minimum absolute atomic E-state index is 0.163. The second-order valence-corrected chi connectivity index (χ2v) is 8.48. The first-order chi connectivity index (χ1) is 16.1. The van der Waals surface area contributed by atoms with Gasteiger partial charge in [-0.05, 0) is 61.7 Å². The van der Waals surface area contributed by atoms with Crippen LogP contribution in [0, 0.1) is 6.92 Å². The van der Waals surface area contributed by atoms with Crippen LogP contribution >= 0.6 is 0 Å². The van der Waals surface area contributed by atoms with E-state index in [0.29, 0.717) is 6.54 Å². The lowest BCUT2D eigenvalue weighted by molar-refractivity contribution is -0.144. The van der Waals surface area contributed by atoms with E-state index in [2.05, 4.69) is 15.7 Å². The van der Waals surface area contributed by atoms with Gasteiger partial charge < -0.3 is 14.0 Å². The topological polar surface area (TPSA) is 71.2 Å². The van der Waals surface area contributed by atoms with Crippen molar-refractivity contribution in [2.24, 2.45) is 0 Å². The van der Waals surface area contributed by atoms with Gasteiger partial charge in [0.25, 0.3) is 0 Å². The molecule has 0 N–H and O–H groups in total. The first kappa shape index (κ1) is 21.2. The molecule has 5 rings (SSSR count). The molecule has 2 aromatic heterocycles. The number of aromatic nitrogens is 4. The number of methoxy groups -OCH3 is 1. The van der Waals surface area contributed by atoms with Crippen molar-refractivity contribution in [3.05, 3.63) is 65.1 Å². The summed E-state index contributed by atoms with van der Waals surface area (Å²) in [7, 11) is 1.65. The summed E-state index contributed by atoms with van der Waals surface area (Å²) >= 11 is 0. The third-order valence-corrected chi connectivity index (χ3v) is 6.19. The van der Waals surface area contributed by atoms with Crippen LogP contribution in [0.25, 0.3) is 22.3 Å². The first-order valence-corrected chi connectivity index (χ1v) is 11.4. The number of hydrogen-bond donors (Lipinski definition) is 0. The fraction of sp³-hybridized carbons (Fsp3) is 0.346. The normalized spacial score (nSPS) is 12.8. The Kier molecular flexibility index (Phi) is 5.62. The lowest BCUT2D eigenvalue weighted by Gasteiger charge is -2.07. The molecule has 0 saturated carbocycles. The van der Waals surface area contributed by atoms with Gasteiger partial charge in [0.2, 0.25) is 0 Å². The minimum atomic E-state index is -0.278. The summed E-state index contributed by atoms with van der Waals surface area (Å²) in [5.41, 5.74) is 6.71. The number of ether oxygens (including phenoxy) is 2. The van der Waals surface area contributed by atoms with E-state index in [1.165, 1.54) is 0 Å². The molecule has 4 aromatic rings. The molecule has 2 aromatic carbocycles. The summed E-state index contributed by atoms with van der Waals surface area (Å²) in [4.78, 5) is 17.4. The first-order valence-electron chi connectivity index (χ1n) is 11.4. The molecule has 0 amide bonds. The fourth-order valence-electron chi connectivity index (χ4n) is 4.53. The van der Waals surface area contributed by atoms with Crippen LogP contribution in [-0.2, 0) is 42.1 Å². The number of carbonyl (C=O) groups excluding carboxylic acids is 1. The van der Waals surface area contributed by atoms with Crippen molar-refractivity contribution in [3.63, 3.8) is 0 Å². The molecule has 1 aliphatic rings. The van der Waals surface area contributed by atoms with E-state index in [4.69, 9.17) is 14.5 Å². The molecule has 0 unspecified atom stereocenters. The lowest BCUT2D eigenvalue weighted by Crippen LogP contribution is -2.12. The predicted octanol–water partition coefficient (Wildman–Crippen LogP) is 4.47. The van der Waals surface area contributed by atoms with Crippen molar-refractivity contribution in [1.82, 2.24) is 19.3 Å². The van der Waals surface area contributed by atoms with E-state index >= 15 is 0 Å². The Balaban J connectivity index is 1.28. The quantitative estimate of drug-likeness (QED) is 0.393. The fourth-order valence-corrected chi connectivity index (χ4v) is 4.53. The Morgan fingerprint density at radius 2 is 2.03 bits per heavy atom. The largest absolute Gasteiger partial charge is 0.496 e. The summed E-state index contributed by atoms with van der Waals surface area (Å²) in [5.74, 6) is 1.64. The smallest absolute Gasteiger partial charge is 0.312 e. The zero-order chi connectivity index (χ0) is 22.9. The Bertz CT molecular complexity index is 1340. The van der Waals surface area contributed by atoms with E-state index in [9.17, 15) is 4.79 Å². The molecule has 0 spiro atoms.